The lowest BCUT2D eigenvalue weighted by Gasteiger charge is -2.68. The molecule has 0 radical (unpaired) electrons. The molecular formula is C25H34O5. The first-order valence-corrected chi connectivity index (χ1v) is 11.8. The van der Waals surface area contributed by atoms with Crippen molar-refractivity contribution in [2.45, 2.75) is 77.9 Å². The zero-order valence-electron chi connectivity index (χ0n) is 18.5. The number of unbranched alkanes of at least 4 members (excludes halogenated alkanes) is 2. The van der Waals surface area contributed by atoms with Gasteiger partial charge in [-0.15, -0.1) is 0 Å². The number of allylic oxidation sites excluding steroid dienone is 1. The van der Waals surface area contributed by atoms with Gasteiger partial charge in [0.2, 0.25) is 0 Å². The lowest BCUT2D eigenvalue weighted by Crippen LogP contribution is -2.77. The molecule has 7 atom stereocenters. The molecule has 4 aliphatic carbocycles. The van der Waals surface area contributed by atoms with Gasteiger partial charge in [0, 0.05) is 18.9 Å². The summed E-state index contributed by atoms with van der Waals surface area (Å²) in [6.45, 7) is 11.3. The highest BCUT2D eigenvalue weighted by molar-refractivity contribution is 6.19. The summed E-state index contributed by atoms with van der Waals surface area (Å²) in [5.74, 6) is -0.446. The Labute approximate surface area is 178 Å². The number of ketones is 3. The van der Waals surface area contributed by atoms with Crippen LogP contribution in [0.2, 0.25) is 0 Å². The Morgan fingerprint density at radius 2 is 1.93 bits per heavy atom. The molecule has 0 N–H and O–H groups in total. The average Bonchev–Trinajstić information content (AvgIpc) is 2.90. The molecule has 0 aromatic carbocycles. The molecule has 0 aromatic rings. The molecular weight excluding hydrogens is 380 g/mol. The van der Waals surface area contributed by atoms with E-state index < -0.39 is 16.9 Å². The third kappa shape index (κ3) is 2.24. The van der Waals surface area contributed by atoms with Crippen LogP contribution in [0.3, 0.4) is 0 Å². The minimum atomic E-state index is -1.13. The van der Waals surface area contributed by atoms with Gasteiger partial charge >= 0.3 is 0 Å². The molecule has 4 saturated carbocycles. The van der Waals surface area contributed by atoms with Gasteiger partial charge < -0.3 is 9.47 Å². The highest BCUT2D eigenvalue weighted by Gasteiger charge is 2.79. The van der Waals surface area contributed by atoms with E-state index in [1.165, 1.54) is 0 Å². The molecule has 4 bridgehead atoms. The van der Waals surface area contributed by atoms with Gasteiger partial charge in [0.1, 0.15) is 11.9 Å². The molecule has 0 unspecified atom stereocenters. The fraction of sp³-hybridized carbons (Fsp3) is 0.800. The first-order valence-electron chi connectivity index (χ1n) is 11.8. The van der Waals surface area contributed by atoms with Crippen LogP contribution in [0.1, 0.15) is 65.7 Å². The van der Waals surface area contributed by atoms with Crippen LogP contribution in [0.15, 0.2) is 12.2 Å². The number of hydrogen-bond donors (Lipinski definition) is 0. The van der Waals surface area contributed by atoms with Gasteiger partial charge in [0.15, 0.2) is 11.6 Å². The zero-order valence-corrected chi connectivity index (χ0v) is 18.5. The summed E-state index contributed by atoms with van der Waals surface area (Å²) < 4.78 is 12.6. The minimum Gasteiger partial charge on any atom is -0.376 e. The van der Waals surface area contributed by atoms with E-state index >= 15 is 0 Å². The van der Waals surface area contributed by atoms with Crippen LogP contribution in [0.25, 0.3) is 0 Å². The van der Waals surface area contributed by atoms with Crippen molar-refractivity contribution in [2.75, 3.05) is 13.2 Å². The van der Waals surface area contributed by atoms with E-state index in [9.17, 15) is 14.4 Å². The van der Waals surface area contributed by atoms with Gasteiger partial charge in [-0.25, -0.2) is 0 Å². The Morgan fingerprint density at radius 1 is 1.17 bits per heavy atom. The van der Waals surface area contributed by atoms with Gasteiger partial charge in [-0.2, -0.15) is 0 Å². The first kappa shape index (κ1) is 20.6. The van der Waals surface area contributed by atoms with E-state index in [0.717, 1.165) is 32.1 Å². The maximum atomic E-state index is 14.1. The van der Waals surface area contributed by atoms with Gasteiger partial charge in [-0.3, -0.25) is 14.4 Å². The second kappa shape index (κ2) is 6.59. The minimum absolute atomic E-state index is 0.0651. The first-order chi connectivity index (χ1) is 14.2. The normalized spacial score (nSPS) is 46.2. The van der Waals surface area contributed by atoms with E-state index in [1.54, 1.807) is 0 Å². The van der Waals surface area contributed by atoms with Crippen LogP contribution >= 0.6 is 0 Å². The fourth-order valence-corrected chi connectivity index (χ4v) is 8.00. The third-order valence-electron chi connectivity index (χ3n) is 9.42. The van der Waals surface area contributed by atoms with Crippen molar-refractivity contribution in [3.05, 3.63) is 12.2 Å². The second-order valence-corrected chi connectivity index (χ2v) is 11.0. The summed E-state index contributed by atoms with van der Waals surface area (Å²) in [5.41, 5.74) is -1.70. The Balaban J connectivity index is 1.65. The third-order valence-corrected chi connectivity index (χ3v) is 9.42. The van der Waals surface area contributed by atoms with Crippen molar-refractivity contribution in [1.82, 2.24) is 0 Å². The molecule has 6 fully saturated rings. The number of rotatable bonds is 5. The maximum absolute atomic E-state index is 14.1. The SMILES string of the molecule is C=C1C(=O)[C@]23C[C@H]1CC[C@H]2[C@]12CO[C@H](CC1=O)C(C)(C)[C@H]2[C@H](OCCCCC)C3=O. The van der Waals surface area contributed by atoms with Crippen LogP contribution in [-0.4, -0.2) is 42.8 Å². The lowest BCUT2D eigenvalue weighted by molar-refractivity contribution is -0.272. The summed E-state index contributed by atoms with van der Waals surface area (Å²) in [6, 6.07) is 0. The highest BCUT2D eigenvalue weighted by atomic mass is 16.5. The predicted molar refractivity (Wildman–Crippen MR) is 111 cm³/mol. The Morgan fingerprint density at radius 3 is 2.63 bits per heavy atom. The molecule has 6 rings (SSSR count). The van der Waals surface area contributed by atoms with E-state index in [2.05, 4.69) is 27.4 Å². The van der Waals surface area contributed by atoms with Crippen molar-refractivity contribution < 1.29 is 23.9 Å². The summed E-state index contributed by atoms with van der Waals surface area (Å²) in [6.07, 6.45) is 4.53. The summed E-state index contributed by atoms with van der Waals surface area (Å²) in [7, 11) is 0. The molecule has 164 valence electrons. The zero-order chi connectivity index (χ0) is 21.5. The van der Waals surface area contributed by atoms with Crippen molar-refractivity contribution in [1.29, 1.82) is 0 Å². The van der Waals surface area contributed by atoms with Crippen LogP contribution in [0.4, 0.5) is 0 Å². The van der Waals surface area contributed by atoms with Crippen LogP contribution in [0.5, 0.6) is 0 Å². The fourth-order valence-electron chi connectivity index (χ4n) is 8.00. The molecule has 5 nitrogen and oxygen atoms in total. The number of carbonyl (C=O) groups excluding carboxylic acids is 3. The quantitative estimate of drug-likeness (QED) is 0.390. The Bertz CT molecular complexity index is 827. The maximum Gasteiger partial charge on any atom is 0.176 e. The van der Waals surface area contributed by atoms with Crippen molar-refractivity contribution in [2.24, 2.45) is 34.0 Å². The van der Waals surface area contributed by atoms with Crippen molar-refractivity contribution >= 4 is 17.3 Å². The van der Waals surface area contributed by atoms with Gasteiger partial charge in [-0.1, -0.05) is 40.2 Å². The van der Waals surface area contributed by atoms with Crippen LogP contribution < -0.4 is 0 Å². The molecule has 2 spiro atoms. The topological polar surface area (TPSA) is 69.7 Å². The Hall–Kier alpha value is -1.33. The molecule has 2 heterocycles. The smallest absolute Gasteiger partial charge is 0.176 e. The van der Waals surface area contributed by atoms with E-state index in [0.29, 0.717) is 31.6 Å². The van der Waals surface area contributed by atoms with Crippen LogP contribution in [-0.2, 0) is 23.9 Å². The van der Waals surface area contributed by atoms with Crippen LogP contribution in [0, 0.1) is 34.0 Å². The van der Waals surface area contributed by atoms with E-state index in [-0.39, 0.29) is 46.6 Å². The predicted octanol–water partition coefficient (Wildman–Crippen LogP) is 3.69. The van der Waals surface area contributed by atoms with E-state index in [4.69, 9.17) is 9.47 Å². The molecule has 0 amide bonds. The van der Waals surface area contributed by atoms with Crippen molar-refractivity contribution in [3.8, 4) is 0 Å². The highest BCUT2D eigenvalue weighted by Crippen LogP contribution is 2.71. The summed E-state index contributed by atoms with van der Waals surface area (Å²) in [5, 5.41) is 0. The summed E-state index contributed by atoms with van der Waals surface area (Å²) >= 11 is 0. The van der Waals surface area contributed by atoms with Crippen molar-refractivity contribution in [3.63, 3.8) is 0 Å². The number of hydrogen-bond acceptors (Lipinski definition) is 5. The van der Waals surface area contributed by atoms with Gasteiger partial charge in [0.25, 0.3) is 0 Å². The monoisotopic (exact) mass is 414 g/mol. The van der Waals surface area contributed by atoms with E-state index in [1.807, 2.05) is 0 Å². The van der Waals surface area contributed by atoms with Gasteiger partial charge in [-0.05, 0) is 48.5 Å². The largest absolute Gasteiger partial charge is 0.376 e. The second-order valence-electron chi connectivity index (χ2n) is 11.0. The lowest BCUT2D eigenvalue weighted by atomic mass is 9.37. The summed E-state index contributed by atoms with van der Waals surface area (Å²) in [4.78, 5) is 41.4. The number of carbonyl (C=O) groups is 3. The Kier molecular flexibility index (Phi) is 4.51. The number of Topliss-reactive ketones (excluding diaryl/α,β-unsaturated/α-hetero) is 3. The number of ether oxygens (including phenoxy) is 2. The standard InChI is InChI=1S/C25H34O5/c1-5-6-7-10-29-19-20-23(3,4)18-11-17(26)25(20,13-30-18)16-9-8-15-12-24(16,22(19)28)21(27)14(15)2/h15-16,18-20H,2,5-13H2,1,3-4H3/t15-,16-,18-,19+,20-,24+,25-/m1/s1. The molecule has 30 heavy (non-hydrogen) atoms. The average molecular weight is 415 g/mol. The number of fused-ring (bicyclic) bond motifs is 3. The molecule has 0 aromatic heterocycles. The molecule has 6 aliphatic rings. The molecule has 5 heteroatoms. The van der Waals surface area contributed by atoms with Gasteiger partial charge in [0.05, 0.1) is 23.5 Å². The molecule has 2 aliphatic heterocycles. The molecule has 2 saturated heterocycles.